The zero-order chi connectivity index (χ0) is 15.2. The van der Waals surface area contributed by atoms with E-state index in [2.05, 4.69) is 49.6 Å². The highest BCUT2D eigenvalue weighted by Gasteiger charge is 2.10. The molecule has 21 heavy (non-hydrogen) atoms. The highest BCUT2D eigenvalue weighted by atomic mass is 16.1. The molecule has 0 heterocycles. The quantitative estimate of drug-likeness (QED) is 0.864. The molecule has 2 aromatic rings. The number of anilines is 2. The van der Waals surface area contributed by atoms with Crippen LogP contribution in [-0.4, -0.2) is 12.5 Å². The van der Waals surface area contributed by atoms with Crippen molar-refractivity contribution in [3.63, 3.8) is 0 Å². The summed E-state index contributed by atoms with van der Waals surface area (Å²) in [4.78, 5) is 12.0. The molecule has 0 atom stereocenters. The molecule has 110 valence electrons. The zero-order valence-corrected chi connectivity index (χ0v) is 12.8. The summed E-state index contributed by atoms with van der Waals surface area (Å²) in [6, 6.07) is 15.7. The summed E-state index contributed by atoms with van der Waals surface area (Å²) in [7, 11) is 0. The topological polar surface area (TPSA) is 41.1 Å². The second kappa shape index (κ2) is 6.93. The second-order valence-corrected chi connectivity index (χ2v) is 5.46. The van der Waals surface area contributed by atoms with E-state index < -0.39 is 0 Å². The van der Waals surface area contributed by atoms with E-state index >= 15 is 0 Å². The van der Waals surface area contributed by atoms with Gasteiger partial charge < -0.3 is 10.6 Å². The van der Waals surface area contributed by atoms with Crippen molar-refractivity contribution >= 4 is 17.3 Å². The second-order valence-electron chi connectivity index (χ2n) is 5.46. The molecule has 0 aliphatic carbocycles. The largest absolute Gasteiger partial charge is 0.376 e. The number of nitrogens with one attached hydrogen (secondary N) is 2. The van der Waals surface area contributed by atoms with E-state index in [1.807, 2.05) is 30.3 Å². The van der Waals surface area contributed by atoms with Crippen LogP contribution < -0.4 is 10.6 Å². The van der Waals surface area contributed by atoms with Crippen LogP contribution in [0, 0.1) is 6.92 Å². The van der Waals surface area contributed by atoms with Crippen molar-refractivity contribution in [2.75, 3.05) is 17.2 Å². The van der Waals surface area contributed by atoms with Crippen LogP contribution in [0.15, 0.2) is 48.5 Å². The van der Waals surface area contributed by atoms with Gasteiger partial charge in [-0.1, -0.05) is 50.2 Å². The summed E-state index contributed by atoms with van der Waals surface area (Å²) in [5.74, 6) is 0.378. The Labute approximate surface area is 126 Å². The smallest absolute Gasteiger partial charge is 0.243 e. The van der Waals surface area contributed by atoms with Crippen molar-refractivity contribution in [1.82, 2.24) is 0 Å². The maximum Gasteiger partial charge on any atom is 0.243 e. The van der Waals surface area contributed by atoms with Crippen LogP contribution in [0.4, 0.5) is 11.4 Å². The van der Waals surface area contributed by atoms with Crippen molar-refractivity contribution in [3.05, 3.63) is 59.7 Å². The van der Waals surface area contributed by atoms with Gasteiger partial charge >= 0.3 is 0 Å². The Hall–Kier alpha value is -2.29. The zero-order valence-electron chi connectivity index (χ0n) is 12.8. The first kappa shape index (κ1) is 15.1. The number of rotatable bonds is 5. The van der Waals surface area contributed by atoms with E-state index in [1.165, 1.54) is 5.56 Å². The van der Waals surface area contributed by atoms with Crippen molar-refractivity contribution in [2.45, 2.75) is 26.7 Å². The molecule has 0 aliphatic heterocycles. The fourth-order valence-corrected chi connectivity index (χ4v) is 2.31. The molecule has 0 radical (unpaired) electrons. The Morgan fingerprint density at radius 2 is 1.76 bits per heavy atom. The monoisotopic (exact) mass is 282 g/mol. The van der Waals surface area contributed by atoms with Crippen LogP contribution >= 0.6 is 0 Å². The summed E-state index contributed by atoms with van der Waals surface area (Å²) >= 11 is 0. The molecule has 3 heteroatoms. The lowest BCUT2D eigenvalue weighted by Gasteiger charge is -2.17. The number of aryl methyl sites for hydroxylation is 1. The molecule has 0 spiro atoms. The number of hydrogen-bond acceptors (Lipinski definition) is 2. The Bertz CT molecular complexity index is 606. The predicted molar refractivity (Wildman–Crippen MR) is 88.8 cm³/mol. The Morgan fingerprint density at radius 1 is 1.05 bits per heavy atom. The van der Waals surface area contributed by atoms with Crippen LogP contribution in [-0.2, 0) is 4.79 Å². The van der Waals surface area contributed by atoms with Gasteiger partial charge in [0.2, 0.25) is 5.91 Å². The van der Waals surface area contributed by atoms with Gasteiger partial charge in [-0.3, -0.25) is 4.79 Å². The number of hydrogen-bond donors (Lipinski definition) is 2. The average Bonchev–Trinajstić information content (AvgIpc) is 2.46. The number of amides is 1. The van der Waals surface area contributed by atoms with Gasteiger partial charge in [0.15, 0.2) is 0 Å². The van der Waals surface area contributed by atoms with E-state index in [4.69, 9.17) is 0 Å². The van der Waals surface area contributed by atoms with Crippen LogP contribution in [0.1, 0.15) is 30.9 Å². The molecule has 0 aromatic heterocycles. The predicted octanol–water partition coefficient (Wildman–Crippen LogP) is 4.17. The van der Waals surface area contributed by atoms with E-state index in [1.54, 1.807) is 0 Å². The fourth-order valence-electron chi connectivity index (χ4n) is 2.31. The van der Waals surface area contributed by atoms with Crippen molar-refractivity contribution in [1.29, 1.82) is 0 Å². The molecule has 1 amide bonds. The molecule has 2 N–H and O–H groups in total. The van der Waals surface area contributed by atoms with Crippen LogP contribution in [0.5, 0.6) is 0 Å². The molecule has 3 nitrogen and oxygen atoms in total. The Balaban J connectivity index is 2.01. The van der Waals surface area contributed by atoms with Gasteiger partial charge in [0.1, 0.15) is 0 Å². The highest BCUT2D eigenvalue weighted by molar-refractivity contribution is 5.93. The first-order valence-electron chi connectivity index (χ1n) is 7.26. The first-order valence-corrected chi connectivity index (χ1v) is 7.26. The summed E-state index contributed by atoms with van der Waals surface area (Å²) in [5, 5.41) is 6.15. The summed E-state index contributed by atoms with van der Waals surface area (Å²) < 4.78 is 0. The summed E-state index contributed by atoms with van der Waals surface area (Å²) in [6.45, 7) is 6.64. The Morgan fingerprint density at radius 3 is 2.43 bits per heavy atom. The standard InChI is InChI=1S/C18H22N2O/c1-13(2)16-11-7-8-14(3)18(16)19-12-17(21)20-15-9-5-4-6-10-15/h4-11,13,19H,12H2,1-3H3,(H,20,21). The van der Waals surface area contributed by atoms with Gasteiger partial charge in [-0.05, 0) is 36.1 Å². The highest BCUT2D eigenvalue weighted by Crippen LogP contribution is 2.27. The molecule has 2 rings (SSSR count). The Kier molecular flexibility index (Phi) is 4.99. The molecular formula is C18H22N2O. The normalized spacial score (nSPS) is 10.5. The molecule has 0 saturated heterocycles. The third-order valence-electron chi connectivity index (χ3n) is 3.41. The van der Waals surface area contributed by atoms with E-state index in [0.29, 0.717) is 5.92 Å². The average molecular weight is 282 g/mol. The first-order chi connectivity index (χ1) is 10.1. The minimum atomic E-state index is -0.0424. The van der Waals surface area contributed by atoms with Gasteiger partial charge in [0.25, 0.3) is 0 Å². The molecule has 0 unspecified atom stereocenters. The molecule has 0 bridgehead atoms. The number of carbonyl (C=O) groups is 1. The lowest BCUT2D eigenvalue weighted by Crippen LogP contribution is -2.22. The number of para-hydroxylation sites is 2. The van der Waals surface area contributed by atoms with Crippen LogP contribution in [0.25, 0.3) is 0 Å². The van der Waals surface area contributed by atoms with Crippen molar-refractivity contribution in [2.24, 2.45) is 0 Å². The minimum Gasteiger partial charge on any atom is -0.376 e. The minimum absolute atomic E-state index is 0.0424. The SMILES string of the molecule is Cc1cccc(C(C)C)c1NCC(=O)Nc1ccccc1. The third-order valence-corrected chi connectivity index (χ3v) is 3.41. The fraction of sp³-hybridized carbons (Fsp3) is 0.278. The maximum atomic E-state index is 12.0. The lowest BCUT2D eigenvalue weighted by molar-refractivity contribution is -0.114. The van der Waals surface area contributed by atoms with Gasteiger partial charge in [0, 0.05) is 11.4 Å². The van der Waals surface area contributed by atoms with Crippen molar-refractivity contribution < 1.29 is 4.79 Å². The van der Waals surface area contributed by atoms with Crippen LogP contribution in [0.2, 0.25) is 0 Å². The molecule has 0 fully saturated rings. The number of carbonyl (C=O) groups excluding carboxylic acids is 1. The van der Waals surface area contributed by atoms with Crippen molar-refractivity contribution in [3.8, 4) is 0 Å². The molecule has 0 saturated carbocycles. The number of benzene rings is 2. The summed E-state index contributed by atoms with van der Waals surface area (Å²) in [5.41, 5.74) is 4.28. The van der Waals surface area contributed by atoms with E-state index in [0.717, 1.165) is 16.9 Å². The molecule has 0 aliphatic rings. The molecular weight excluding hydrogens is 260 g/mol. The van der Waals surface area contributed by atoms with Gasteiger partial charge in [-0.15, -0.1) is 0 Å². The molecule has 2 aromatic carbocycles. The summed E-state index contributed by atoms with van der Waals surface area (Å²) in [6.07, 6.45) is 0. The lowest BCUT2D eigenvalue weighted by atomic mass is 9.98. The third kappa shape index (κ3) is 4.09. The van der Waals surface area contributed by atoms with E-state index in [-0.39, 0.29) is 12.5 Å². The van der Waals surface area contributed by atoms with E-state index in [9.17, 15) is 4.79 Å². The van der Waals surface area contributed by atoms with Gasteiger partial charge in [-0.2, -0.15) is 0 Å². The van der Waals surface area contributed by atoms with Crippen LogP contribution in [0.3, 0.4) is 0 Å². The van der Waals surface area contributed by atoms with Gasteiger partial charge in [0.05, 0.1) is 6.54 Å². The van der Waals surface area contributed by atoms with Gasteiger partial charge in [-0.25, -0.2) is 0 Å². The maximum absolute atomic E-state index is 12.0.